The molecule has 1 N–H and O–H groups in total. The number of nitrogens with one attached hydrogen (secondary N) is 1. The Kier molecular flexibility index (Phi) is 5.42. The zero-order valence-electron chi connectivity index (χ0n) is 17.3. The number of carbonyl (C=O) groups is 1. The summed E-state index contributed by atoms with van der Waals surface area (Å²) in [6.07, 6.45) is 0.942. The van der Waals surface area contributed by atoms with Gasteiger partial charge in [0.05, 0.1) is 5.52 Å². The molecule has 0 saturated carbocycles. The van der Waals surface area contributed by atoms with Crippen molar-refractivity contribution in [3.05, 3.63) is 90.5 Å². The van der Waals surface area contributed by atoms with Crippen molar-refractivity contribution in [2.75, 3.05) is 26.2 Å². The van der Waals surface area contributed by atoms with Gasteiger partial charge in [-0.1, -0.05) is 54.6 Å². The van der Waals surface area contributed by atoms with Gasteiger partial charge in [-0.2, -0.15) is 0 Å². The van der Waals surface area contributed by atoms with Crippen LogP contribution >= 0.6 is 0 Å². The maximum atomic E-state index is 13.8. The molecule has 31 heavy (non-hydrogen) atoms. The first kappa shape index (κ1) is 19.4. The third-order valence-electron chi connectivity index (χ3n) is 5.64. The summed E-state index contributed by atoms with van der Waals surface area (Å²) < 4.78 is 8.47. The quantitative estimate of drug-likeness (QED) is 0.522. The minimum atomic E-state index is 0.0144. The van der Waals surface area contributed by atoms with E-state index < -0.39 is 0 Å². The zero-order chi connectivity index (χ0) is 21.0. The molecule has 0 spiro atoms. The summed E-state index contributed by atoms with van der Waals surface area (Å²) >= 11 is 0. The molecule has 1 aliphatic heterocycles. The fourth-order valence-corrected chi connectivity index (χ4v) is 4.16. The van der Waals surface area contributed by atoms with Gasteiger partial charge in [0.25, 0.3) is 5.91 Å². The maximum absolute atomic E-state index is 13.8. The highest BCUT2D eigenvalue weighted by Crippen LogP contribution is 2.38. The summed E-state index contributed by atoms with van der Waals surface area (Å²) in [7, 11) is 0. The summed E-state index contributed by atoms with van der Waals surface area (Å²) in [5.41, 5.74) is 2.53. The first-order valence-corrected chi connectivity index (χ1v) is 10.7. The van der Waals surface area contributed by atoms with Gasteiger partial charge in [0, 0.05) is 30.7 Å². The van der Waals surface area contributed by atoms with Gasteiger partial charge in [-0.25, -0.2) is 0 Å². The number of para-hydroxylation sites is 3. The molecule has 0 unspecified atom stereocenters. The Hall–Kier alpha value is -3.57. The molecule has 1 aliphatic rings. The molecule has 1 amide bonds. The largest absolute Gasteiger partial charge is 0.440 e. The molecule has 1 fully saturated rings. The molecule has 2 heterocycles. The molecule has 1 saturated heterocycles. The van der Waals surface area contributed by atoms with Gasteiger partial charge in [-0.3, -0.25) is 9.36 Å². The van der Waals surface area contributed by atoms with E-state index in [1.54, 1.807) is 0 Å². The molecular weight excluding hydrogens is 386 g/mol. The molecule has 0 radical (unpaired) electrons. The number of carbonyl (C=O) groups excluding carboxylic acids is 1. The molecule has 156 valence electrons. The Morgan fingerprint density at radius 2 is 1.52 bits per heavy atom. The van der Waals surface area contributed by atoms with Gasteiger partial charge in [-0.05, 0) is 43.3 Å². The fraction of sp³-hybridized carbons (Fsp3) is 0.192. The van der Waals surface area contributed by atoms with E-state index in [0.717, 1.165) is 42.6 Å². The normalized spacial score (nSPS) is 14.4. The van der Waals surface area contributed by atoms with Crippen LogP contribution in [0.25, 0.3) is 16.6 Å². The topological polar surface area (TPSA) is 46.5 Å². The molecule has 5 rings (SSSR count). The van der Waals surface area contributed by atoms with Crippen molar-refractivity contribution in [3.63, 3.8) is 0 Å². The van der Waals surface area contributed by atoms with Crippen LogP contribution in [0.3, 0.4) is 0 Å². The molecule has 4 aromatic rings. The number of amides is 1. The molecule has 0 atom stereocenters. The van der Waals surface area contributed by atoms with E-state index in [2.05, 4.69) is 5.32 Å². The van der Waals surface area contributed by atoms with Gasteiger partial charge < -0.3 is 15.0 Å². The van der Waals surface area contributed by atoms with Crippen molar-refractivity contribution in [1.82, 2.24) is 14.8 Å². The number of rotatable bonds is 4. The van der Waals surface area contributed by atoms with Crippen LogP contribution in [0.15, 0.2) is 84.9 Å². The van der Waals surface area contributed by atoms with Crippen LogP contribution in [-0.2, 0) is 0 Å². The fourth-order valence-electron chi connectivity index (χ4n) is 4.16. The van der Waals surface area contributed by atoms with Crippen LogP contribution in [0.1, 0.15) is 16.8 Å². The summed E-state index contributed by atoms with van der Waals surface area (Å²) in [4.78, 5) is 15.8. The van der Waals surface area contributed by atoms with Crippen molar-refractivity contribution in [1.29, 1.82) is 0 Å². The Morgan fingerprint density at radius 1 is 0.806 bits per heavy atom. The number of hydrogen-bond donors (Lipinski definition) is 1. The Labute approximate surface area is 181 Å². The van der Waals surface area contributed by atoms with E-state index in [-0.39, 0.29) is 5.91 Å². The molecular formula is C26H25N3O2. The van der Waals surface area contributed by atoms with Crippen LogP contribution in [0, 0.1) is 0 Å². The van der Waals surface area contributed by atoms with Crippen molar-refractivity contribution in [3.8, 4) is 17.3 Å². The first-order chi connectivity index (χ1) is 15.3. The maximum Gasteiger partial charge on any atom is 0.260 e. The third-order valence-corrected chi connectivity index (χ3v) is 5.64. The lowest BCUT2D eigenvalue weighted by atomic mass is 10.1. The summed E-state index contributed by atoms with van der Waals surface area (Å²) in [5, 5.41) is 4.28. The number of aromatic nitrogens is 1. The average Bonchev–Trinajstić information content (AvgIpc) is 2.95. The predicted octanol–water partition coefficient (Wildman–Crippen LogP) is 4.86. The van der Waals surface area contributed by atoms with Crippen molar-refractivity contribution in [2.45, 2.75) is 6.42 Å². The van der Waals surface area contributed by atoms with E-state index in [4.69, 9.17) is 4.74 Å². The monoisotopic (exact) mass is 411 g/mol. The Morgan fingerprint density at radius 3 is 2.32 bits per heavy atom. The molecule has 1 aromatic heterocycles. The van der Waals surface area contributed by atoms with E-state index in [0.29, 0.717) is 23.7 Å². The molecule has 5 nitrogen and oxygen atoms in total. The minimum Gasteiger partial charge on any atom is -0.440 e. The SMILES string of the molecule is O=C(c1c(Oc2ccccc2)n(-c2ccccc2)c2ccccc12)N1CCCNCC1. The number of nitrogens with zero attached hydrogens (tertiary/aromatic N) is 2. The van der Waals surface area contributed by atoms with E-state index in [1.807, 2.05) is 94.4 Å². The Bertz CT molecular complexity index is 1180. The van der Waals surface area contributed by atoms with Crippen molar-refractivity contribution < 1.29 is 9.53 Å². The molecule has 0 bridgehead atoms. The number of fused-ring (bicyclic) bond motifs is 1. The second-order valence-corrected chi connectivity index (χ2v) is 7.68. The van der Waals surface area contributed by atoms with Crippen LogP contribution in [0.4, 0.5) is 0 Å². The predicted molar refractivity (Wildman–Crippen MR) is 123 cm³/mol. The number of hydrogen-bond acceptors (Lipinski definition) is 3. The van der Waals surface area contributed by atoms with E-state index in [9.17, 15) is 4.79 Å². The lowest BCUT2D eigenvalue weighted by Gasteiger charge is -2.21. The van der Waals surface area contributed by atoms with Gasteiger partial charge in [-0.15, -0.1) is 0 Å². The smallest absolute Gasteiger partial charge is 0.260 e. The summed E-state index contributed by atoms with van der Waals surface area (Å²) in [5.74, 6) is 1.27. The summed E-state index contributed by atoms with van der Waals surface area (Å²) in [6, 6.07) is 27.7. The average molecular weight is 412 g/mol. The van der Waals surface area contributed by atoms with Crippen molar-refractivity contribution >= 4 is 16.8 Å². The van der Waals surface area contributed by atoms with Crippen LogP contribution in [0.5, 0.6) is 11.6 Å². The standard InChI is InChI=1S/C26H25N3O2/c30-25(28-18-9-16-27-17-19-28)24-22-14-7-8-15-23(22)29(20-10-3-1-4-11-20)26(24)31-21-12-5-2-6-13-21/h1-8,10-15,27H,9,16-19H2. The molecule has 0 aliphatic carbocycles. The first-order valence-electron chi connectivity index (χ1n) is 10.7. The lowest BCUT2D eigenvalue weighted by molar-refractivity contribution is 0.0765. The minimum absolute atomic E-state index is 0.0144. The highest BCUT2D eigenvalue weighted by Gasteiger charge is 2.29. The highest BCUT2D eigenvalue weighted by molar-refractivity contribution is 6.10. The van der Waals surface area contributed by atoms with Crippen LogP contribution in [-0.4, -0.2) is 41.6 Å². The zero-order valence-corrected chi connectivity index (χ0v) is 17.3. The van der Waals surface area contributed by atoms with Gasteiger partial charge in [0.2, 0.25) is 5.88 Å². The number of ether oxygens (including phenoxy) is 1. The van der Waals surface area contributed by atoms with Gasteiger partial charge in [0.1, 0.15) is 11.3 Å². The summed E-state index contributed by atoms with van der Waals surface area (Å²) in [6.45, 7) is 3.16. The van der Waals surface area contributed by atoms with Gasteiger partial charge >= 0.3 is 0 Å². The van der Waals surface area contributed by atoms with Crippen LogP contribution < -0.4 is 10.1 Å². The second kappa shape index (κ2) is 8.66. The van der Waals surface area contributed by atoms with Gasteiger partial charge in [0.15, 0.2) is 0 Å². The lowest BCUT2D eigenvalue weighted by Crippen LogP contribution is -2.34. The molecule has 3 aromatic carbocycles. The van der Waals surface area contributed by atoms with E-state index in [1.165, 1.54) is 0 Å². The number of benzene rings is 3. The van der Waals surface area contributed by atoms with E-state index >= 15 is 0 Å². The highest BCUT2D eigenvalue weighted by atomic mass is 16.5. The second-order valence-electron chi connectivity index (χ2n) is 7.68. The Balaban J connectivity index is 1.73. The third kappa shape index (κ3) is 3.80. The van der Waals surface area contributed by atoms with Crippen molar-refractivity contribution in [2.24, 2.45) is 0 Å². The molecule has 5 heteroatoms. The van der Waals surface area contributed by atoms with Crippen LogP contribution in [0.2, 0.25) is 0 Å².